The molecule has 0 bridgehead atoms. The first-order chi connectivity index (χ1) is 9.59. The fourth-order valence-corrected chi connectivity index (χ4v) is 0.661. The van der Waals surface area contributed by atoms with E-state index in [1.165, 1.54) is 12.1 Å². The summed E-state index contributed by atoms with van der Waals surface area (Å²) in [5, 5.41) is 25.7. The zero-order valence-corrected chi connectivity index (χ0v) is 9.62. The summed E-state index contributed by atoms with van der Waals surface area (Å²) in [5.74, 6) is -0.736. The minimum absolute atomic E-state index is 0. The Morgan fingerprint density at radius 1 is 1.04 bits per heavy atom. The topological polar surface area (TPSA) is 201 Å². The third-order valence-electron chi connectivity index (χ3n) is 1.13. The zero-order chi connectivity index (χ0) is 16.2. The molecule has 0 saturated heterocycles. The van der Waals surface area contributed by atoms with Crippen molar-refractivity contribution in [2.45, 2.75) is 0 Å². The normalized spacial score (nSPS) is 5.28. The van der Waals surface area contributed by atoms with E-state index in [1.807, 2.05) is 5.34 Å². The Hall–Kier alpha value is 2.08. The molecule has 0 aromatic heterocycles. The van der Waals surface area contributed by atoms with Gasteiger partial charge in [-0.2, -0.15) is 0 Å². The van der Waals surface area contributed by atoms with Gasteiger partial charge < -0.3 is 5.11 Å². The first-order valence-corrected chi connectivity index (χ1v) is 4.24. The van der Waals surface area contributed by atoms with Gasteiger partial charge in [0.2, 0.25) is 0 Å². The van der Waals surface area contributed by atoms with Crippen molar-refractivity contribution in [3.8, 4) is 0 Å². The Morgan fingerprint density at radius 2 is 1.32 bits per heavy atom. The standard InChI is InChI=1S/C7H5NO3.CH2O2.2Ca.2HNO2.3Na.7H/c9-7(11-8-10)6-4-2-1-3-5-6;2-1-3;;;2*2-1-3;;;;;;;;;;/h1-5H;1H,(H,2,3);;;2*1H;;;;;;;;;;. The van der Waals surface area contributed by atoms with Gasteiger partial charge in [0.05, 0.1) is 5.56 Å². The molecule has 0 aliphatic heterocycles. The van der Waals surface area contributed by atoms with Crippen molar-refractivity contribution < 1.29 is 30.2 Å². The predicted octanol–water partition coefficient (Wildman–Crippen LogP) is -5.89. The van der Waals surface area contributed by atoms with Crippen molar-refractivity contribution in [1.29, 1.82) is 0 Å². The molecule has 0 spiro atoms. The summed E-state index contributed by atoms with van der Waals surface area (Å²) in [5.41, 5.74) is 0.312. The molecular weight excluding hydrogens is 431 g/mol. The van der Waals surface area contributed by atoms with Crippen LogP contribution in [0.4, 0.5) is 0 Å². The van der Waals surface area contributed by atoms with E-state index in [0.717, 1.165) is 0 Å². The molecule has 3 N–H and O–H groups in total. The van der Waals surface area contributed by atoms with Crippen LogP contribution in [0, 0.1) is 25.1 Å². The van der Waals surface area contributed by atoms with Crippen LogP contribution in [0.2, 0.25) is 0 Å². The molecule has 1 rings (SSSR count). The zero-order valence-electron chi connectivity index (χ0n) is 9.62. The van der Waals surface area contributed by atoms with Gasteiger partial charge in [-0.15, -0.1) is 4.91 Å². The van der Waals surface area contributed by atoms with Crippen LogP contribution in [0.1, 0.15) is 10.4 Å². The van der Waals surface area contributed by atoms with Gasteiger partial charge in [0.15, 0.2) is 5.34 Å². The first-order valence-electron chi connectivity index (χ1n) is 4.24. The van der Waals surface area contributed by atoms with Crippen molar-refractivity contribution in [2.24, 2.45) is 5.34 Å². The quantitative estimate of drug-likeness (QED) is 0.130. The number of carbonyl (C=O) groups excluding carboxylic acids is 1. The second kappa shape index (κ2) is 50.2. The molecule has 0 aliphatic carbocycles. The van der Waals surface area contributed by atoms with Gasteiger partial charge in [0.25, 0.3) is 6.47 Å². The summed E-state index contributed by atoms with van der Waals surface area (Å²) >= 11 is 0. The number of benzene rings is 1. The van der Waals surface area contributed by atoms with Gasteiger partial charge in [0, 0.05) is 10.7 Å². The monoisotopic (exact) mass is 447 g/mol. The van der Waals surface area contributed by atoms with Crippen LogP contribution >= 0.6 is 0 Å². The Kier molecular flexibility index (Phi) is 102. The van der Waals surface area contributed by atoms with Crippen molar-refractivity contribution in [3.05, 3.63) is 61.0 Å². The van der Waals surface area contributed by atoms with E-state index in [4.69, 9.17) is 30.1 Å². The number of nitrogens with zero attached hydrogens (tertiary/aromatic N) is 1. The summed E-state index contributed by atoms with van der Waals surface area (Å²) in [7, 11) is 0. The maximum atomic E-state index is 10.7. The predicted molar refractivity (Wildman–Crippen MR) is 100 cm³/mol. The van der Waals surface area contributed by atoms with Gasteiger partial charge in [-0.25, -0.2) is 4.79 Å². The molecule has 0 atom stereocenters. The van der Waals surface area contributed by atoms with Gasteiger partial charge in [-0.05, 0) is 12.1 Å². The molecule has 0 unspecified atom stereocenters. The van der Waals surface area contributed by atoms with Crippen molar-refractivity contribution in [2.75, 3.05) is 0 Å². The summed E-state index contributed by atoms with van der Waals surface area (Å²) in [6, 6.07) is 8.16. The Balaban J connectivity index is -0.0000000300. The summed E-state index contributed by atoms with van der Waals surface area (Å²) in [6.45, 7) is -0.250. The Labute approximate surface area is 267 Å². The molecule has 0 aliphatic rings. The van der Waals surface area contributed by atoms with E-state index in [0.29, 0.717) is 5.56 Å². The third kappa shape index (κ3) is 51.8. The molecule has 0 fully saturated rings. The number of carboxylic acid groups (broad SMARTS) is 1. The summed E-state index contributed by atoms with van der Waals surface area (Å²) < 4.78 is 0. The molecular formula is C8H16Ca2N3Na3O9. The first kappa shape index (κ1) is 50.6. The van der Waals surface area contributed by atoms with Crippen molar-refractivity contribution in [3.63, 3.8) is 0 Å². The van der Waals surface area contributed by atoms with E-state index in [2.05, 4.69) is 4.84 Å². The molecule has 0 heterocycles. The van der Waals surface area contributed by atoms with Crippen LogP contribution in [0.25, 0.3) is 0 Å². The van der Waals surface area contributed by atoms with Crippen LogP contribution in [0.5, 0.6) is 0 Å². The number of carbonyl (C=O) groups is 2. The van der Waals surface area contributed by atoms with Crippen LogP contribution in [0.3, 0.4) is 0 Å². The average Bonchev–Trinajstić information content (AvgIpc) is 2.43. The fraction of sp³-hybridized carbons (Fsp3) is 0. The van der Waals surface area contributed by atoms with E-state index in [9.17, 15) is 9.70 Å². The van der Waals surface area contributed by atoms with E-state index in [-0.39, 0.29) is 181 Å². The molecule has 1 aromatic carbocycles. The summed E-state index contributed by atoms with van der Waals surface area (Å²) in [4.78, 5) is 48.7. The van der Waals surface area contributed by atoms with Gasteiger partial charge in [-0.1, -0.05) is 18.2 Å². The second-order valence-electron chi connectivity index (χ2n) is 2.09. The van der Waals surface area contributed by atoms with Crippen LogP contribution in [-0.4, -0.2) is 182 Å². The third-order valence-corrected chi connectivity index (χ3v) is 1.13. The number of nitrogens with one attached hydrogen (secondary N) is 2. The average molecular weight is 447 g/mol. The van der Waals surface area contributed by atoms with Gasteiger partial charge >= 0.3 is 170 Å². The maximum absolute atomic E-state index is 10.7. The minimum atomic E-state index is -0.736. The van der Waals surface area contributed by atoms with Crippen LogP contribution < -0.4 is 10.7 Å². The number of hydrogen-bond acceptors (Lipinski definition) is 9. The van der Waals surface area contributed by atoms with Gasteiger partial charge in [0.1, 0.15) is 0 Å². The number of rotatable bonds is 2. The van der Waals surface area contributed by atoms with Crippen LogP contribution in [-0.2, 0) is 9.63 Å². The van der Waals surface area contributed by atoms with Crippen LogP contribution in [0.15, 0.2) is 35.7 Å². The molecule has 0 amide bonds. The summed E-state index contributed by atoms with van der Waals surface area (Å²) in [6.07, 6.45) is 0. The molecule has 25 heavy (non-hydrogen) atoms. The molecule has 12 nitrogen and oxygen atoms in total. The molecule has 0 radical (unpaired) electrons. The SMILES string of the molecule is O=CO.O=NOC(=O)c1ccccc1.O=[NH+][O-].O=[NH+][O-].[CaH2].[CaH2].[NaH].[NaH].[NaH]. The van der Waals surface area contributed by atoms with Crippen molar-refractivity contribution >= 4 is 177 Å². The molecule has 124 valence electrons. The Morgan fingerprint density at radius 3 is 1.56 bits per heavy atom. The molecule has 1 aromatic rings. The van der Waals surface area contributed by atoms with E-state index in [1.54, 1.807) is 18.2 Å². The second-order valence-corrected chi connectivity index (χ2v) is 2.09. The van der Waals surface area contributed by atoms with Gasteiger partial charge in [-0.3, -0.25) is 29.9 Å². The van der Waals surface area contributed by atoms with E-state index < -0.39 is 5.97 Å². The molecule has 0 saturated carbocycles. The van der Waals surface area contributed by atoms with Crippen molar-refractivity contribution in [1.82, 2.24) is 0 Å². The Bertz CT molecular complexity index is 393. The number of hydrogen-bond donors (Lipinski definition) is 3. The molecule has 17 heteroatoms. The fourth-order valence-electron chi connectivity index (χ4n) is 0.661. The van der Waals surface area contributed by atoms with E-state index >= 15 is 0 Å².